The minimum atomic E-state index is -0.0797. The van der Waals surface area contributed by atoms with E-state index < -0.39 is 0 Å². The number of aromatic nitrogens is 1. The van der Waals surface area contributed by atoms with Gasteiger partial charge in [0.1, 0.15) is 0 Å². The van der Waals surface area contributed by atoms with Crippen LogP contribution in [0.5, 0.6) is 0 Å². The molecule has 2 saturated heterocycles. The molecule has 2 aliphatic heterocycles. The van der Waals surface area contributed by atoms with Crippen molar-refractivity contribution in [3.8, 4) is 0 Å². The number of rotatable bonds is 5. The Hall–Kier alpha value is -1.95. The van der Waals surface area contributed by atoms with Gasteiger partial charge in [-0.25, -0.2) is 0 Å². The molecular weight excluding hydrogens is 316 g/mol. The highest BCUT2D eigenvalue weighted by atomic mass is 16.2. The van der Waals surface area contributed by atoms with Gasteiger partial charge >= 0.3 is 0 Å². The molecule has 0 radical (unpaired) electrons. The summed E-state index contributed by atoms with van der Waals surface area (Å²) in [4.78, 5) is 35.3. The van der Waals surface area contributed by atoms with Crippen molar-refractivity contribution >= 4 is 11.8 Å². The lowest BCUT2D eigenvalue weighted by atomic mass is 10.1. The summed E-state index contributed by atoms with van der Waals surface area (Å²) in [6.45, 7) is 6.76. The number of aryl methyl sites for hydroxylation is 1. The summed E-state index contributed by atoms with van der Waals surface area (Å²) in [6, 6.07) is 5.71. The van der Waals surface area contributed by atoms with Crippen LogP contribution in [0.4, 0.5) is 0 Å². The molecule has 0 N–H and O–H groups in total. The van der Waals surface area contributed by atoms with Crippen molar-refractivity contribution in [1.29, 1.82) is 0 Å². The van der Waals surface area contributed by atoms with Crippen LogP contribution in [0.15, 0.2) is 24.4 Å². The maximum Gasteiger partial charge on any atom is 0.239 e. The third-order valence-corrected chi connectivity index (χ3v) is 5.31. The van der Waals surface area contributed by atoms with Crippen molar-refractivity contribution in [1.82, 2.24) is 19.7 Å². The van der Waals surface area contributed by atoms with E-state index >= 15 is 0 Å². The number of nitrogens with zero attached hydrogens (tertiary/aromatic N) is 4. The molecule has 0 aromatic carbocycles. The predicted octanol–water partition coefficient (Wildman–Crippen LogP) is 1.17. The second-order valence-electron chi connectivity index (χ2n) is 6.95. The SMILES string of the molecule is CC(C(=O)N1CCCC1)N1CCN(C(=O)CCc2ccccn2)CC1. The van der Waals surface area contributed by atoms with Crippen LogP contribution in [0.2, 0.25) is 0 Å². The summed E-state index contributed by atoms with van der Waals surface area (Å²) < 4.78 is 0. The van der Waals surface area contributed by atoms with E-state index in [0.29, 0.717) is 25.9 Å². The Morgan fingerprint density at radius 3 is 2.40 bits per heavy atom. The predicted molar refractivity (Wildman–Crippen MR) is 96.0 cm³/mol. The van der Waals surface area contributed by atoms with E-state index in [0.717, 1.165) is 44.7 Å². The molecule has 0 saturated carbocycles. The van der Waals surface area contributed by atoms with Crippen LogP contribution in [0.25, 0.3) is 0 Å². The van der Waals surface area contributed by atoms with Gasteiger partial charge in [-0.1, -0.05) is 6.07 Å². The number of likely N-dealkylation sites (tertiary alicyclic amines) is 1. The summed E-state index contributed by atoms with van der Waals surface area (Å²) in [5, 5.41) is 0. The minimum absolute atomic E-state index is 0.0797. The molecule has 3 heterocycles. The van der Waals surface area contributed by atoms with Gasteiger partial charge in [-0.05, 0) is 38.3 Å². The number of carbonyl (C=O) groups is 2. The van der Waals surface area contributed by atoms with E-state index in [4.69, 9.17) is 0 Å². The Bertz CT molecular complexity index is 578. The molecule has 6 nitrogen and oxygen atoms in total. The van der Waals surface area contributed by atoms with E-state index in [1.807, 2.05) is 34.9 Å². The molecule has 3 rings (SSSR count). The molecule has 2 amide bonds. The average molecular weight is 344 g/mol. The first kappa shape index (κ1) is 17.9. The first-order valence-electron chi connectivity index (χ1n) is 9.35. The molecule has 0 aliphatic carbocycles. The highest BCUT2D eigenvalue weighted by molar-refractivity contribution is 5.82. The zero-order chi connectivity index (χ0) is 17.6. The standard InChI is InChI=1S/C19H28N4O2/c1-16(19(25)23-10-4-5-11-23)21-12-14-22(15-13-21)18(24)8-7-17-6-2-3-9-20-17/h2-3,6,9,16H,4-5,7-8,10-15H2,1H3. The van der Waals surface area contributed by atoms with E-state index in [1.165, 1.54) is 0 Å². The minimum Gasteiger partial charge on any atom is -0.341 e. The number of amides is 2. The number of carbonyl (C=O) groups excluding carboxylic acids is 2. The Morgan fingerprint density at radius 1 is 1.04 bits per heavy atom. The van der Waals surface area contributed by atoms with Gasteiger partial charge in [0.15, 0.2) is 0 Å². The molecule has 0 bridgehead atoms. The first-order chi connectivity index (χ1) is 12.1. The van der Waals surface area contributed by atoms with Crippen LogP contribution in [-0.4, -0.2) is 76.8 Å². The van der Waals surface area contributed by atoms with Crippen LogP contribution >= 0.6 is 0 Å². The molecule has 6 heteroatoms. The summed E-state index contributed by atoms with van der Waals surface area (Å²) in [5.41, 5.74) is 0.958. The topological polar surface area (TPSA) is 56.8 Å². The Balaban J connectivity index is 1.43. The normalized spacial score (nSPS) is 19.9. The highest BCUT2D eigenvalue weighted by Crippen LogP contribution is 2.14. The lowest BCUT2D eigenvalue weighted by molar-refractivity contribution is -0.138. The maximum atomic E-state index is 12.5. The van der Waals surface area contributed by atoms with Gasteiger partial charge < -0.3 is 9.80 Å². The van der Waals surface area contributed by atoms with Crippen LogP contribution in [0.1, 0.15) is 31.9 Å². The van der Waals surface area contributed by atoms with E-state index in [2.05, 4.69) is 9.88 Å². The van der Waals surface area contributed by atoms with Crippen LogP contribution in [-0.2, 0) is 16.0 Å². The molecule has 0 spiro atoms. The van der Waals surface area contributed by atoms with Gasteiger partial charge in [-0.3, -0.25) is 19.5 Å². The molecular formula is C19H28N4O2. The van der Waals surface area contributed by atoms with Crippen molar-refractivity contribution in [3.63, 3.8) is 0 Å². The van der Waals surface area contributed by atoms with Gasteiger partial charge in [-0.2, -0.15) is 0 Å². The van der Waals surface area contributed by atoms with Gasteiger partial charge in [0, 0.05) is 57.6 Å². The number of hydrogen-bond donors (Lipinski definition) is 0. The third kappa shape index (κ3) is 4.57. The van der Waals surface area contributed by atoms with E-state index in [1.54, 1.807) is 6.20 Å². The molecule has 2 aliphatic rings. The fourth-order valence-corrected chi connectivity index (χ4v) is 3.66. The van der Waals surface area contributed by atoms with Crippen LogP contribution in [0, 0.1) is 0 Å². The molecule has 2 fully saturated rings. The van der Waals surface area contributed by atoms with Gasteiger partial charge in [0.25, 0.3) is 0 Å². The number of piperazine rings is 1. The van der Waals surface area contributed by atoms with Crippen molar-refractivity contribution in [2.24, 2.45) is 0 Å². The Kier molecular flexibility index (Phi) is 6.02. The van der Waals surface area contributed by atoms with Gasteiger partial charge in [0.2, 0.25) is 11.8 Å². The van der Waals surface area contributed by atoms with Crippen molar-refractivity contribution < 1.29 is 9.59 Å². The van der Waals surface area contributed by atoms with E-state index in [-0.39, 0.29) is 17.9 Å². The quantitative estimate of drug-likeness (QED) is 0.805. The number of pyridine rings is 1. The summed E-state index contributed by atoms with van der Waals surface area (Å²) >= 11 is 0. The first-order valence-corrected chi connectivity index (χ1v) is 9.35. The monoisotopic (exact) mass is 344 g/mol. The second-order valence-corrected chi connectivity index (χ2v) is 6.95. The molecule has 1 unspecified atom stereocenters. The van der Waals surface area contributed by atoms with Crippen LogP contribution in [0.3, 0.4) is 0 Å². The van der Waals surface area contributed by atoms with Crippen molar-refractivity contribution in [3.05, 3.63) is 30.1 Å². The maximum absolute atomic E-state index is 12.5. The Labute approximate surface area is 149 Å². The molecule has 1 atom stereocenters. The van der Waals surface area contributed by atoms with E-state index in [9.17, 15) is 9.59 Å². The lowest BCUT2D eigenvalue weighted by Crippen LogP contribution is -2.55. The van der Waals surface area contributed by atoms with Gasteiger partial charge in [0.05, 0.1) is 6.04 Å². The molecule has 1 aromatic rings. The molecule has 1 aromatic heterocycles. The Morgan fingerprint density at radius 2 is 1.76 bits per heavy atom. The zero-order valence-corrected chi connectivity index (χ0v) is 15.1. The zero-order valence-electron chi connectivity index (χ0n) is 15.1. The van der Waals surface area contributed by atoms with Crippen molar-refractivity contribution in [2.75, 3.05) is 39.3 Å². The van der Waals surface area contributed by atoms with Gasteiger partial charge in [-0.15, -0.1) is 0 Å². The van der Waals surface area contributed by atoms with Crippen LogP contribution < -0.4 is 0 Å². The third-order valence-electron chi connectivity index (χ3n) is 5.31. The molecule has 136 valence electrons. The number of hydrogen-bond acceptors (Lipinski definition) is 4. The summed E-state index contributed by atoms with van der Waals surface area (Å²) in [5.74, 6) is 0.427. The lowest BCUT2D eigenvalue weighted by Gasteiger charge is -2.38. The van der Waals surface area contributed by atoms with Crippen molar-refractivity contribution in [2.45, 2.75) is 38.6 Å². The second kappa shape index (κ2) is 8.43. The average Bonchev–Trinajstić information content (AvgIpc) is 3.20. The molecule has 25 heavy (non-hydrogen) atoms. The largest absolute Gasteiger partial charge is 0.341 e. The summed E-state index contributed by atoms with van der Waals surface area (Å²) in [6.07, 6.45) is 5.19. The highest BCUT2D eigenvalue weighted by Gasteiger charge is 2.30. The fraction of sp³-hybridized carbons (Fsp3) is 0.632. The summed E-state index contributed by atoms with van der Waals surface area (Å²) in [7, 11) is 0. The smallest absolute Gasteiger partial charge is 0.239 e. The fourth-order valence-electron chi connectivity index (χ4n) is 3.66.